The van der Waals surface area contributed by atoms with Crippen LogP contribution in [0.25, 0.3) is 0 Å². The highest BCUT2D eigenvalue weighted by Gasteiger charge is 2.01. The second kappa shape index (κ2) is 2.66. The predicted molar refractivity (Wildman–Crippen MR) is 43.4 cm³/mol. The third kappa shape index (κ3) is 1.19. The van der Waals surface area contributed by atoms with E-state index in [0.29, 0.717) is 0 Å². The van der Waals surface area contributed by atoms with Gasteiger partial charge in [0.1, 0.15) is 0 Å². The van der Waals surface area contributed by atoms with Crippen molar-refractivity contribution in [2.45, 2.75) is 0 Å². The van der Waals surface area contributed by atoms with Gasteiger partial charge < -0.3 is 10.1 Å². The average Bonchev–Trinajstić information content (AvgIpc) is 2.28. The van der Waals surface area contributed by atoms with E-state index < -0.39 is 0 Å². The molecule has 0 bridgehead atoms. The molecule has 1 aliphatic rings. The number of hydrogen-bond acceptors (Lipinski definition) is 2. The summed E-state index contributed by atoms with van der Waals surface area (Å²) in [5, 5.41) is 3.18. The normalized spacial score (nSPS) is 14.2. The Bertz CT molecular complexity index is 281. The Morgan fingerprint density at radius 3 is 3.27 bits per heavy atom. The summed E-state index contributed by atoms with van der Waals surface area (Å²) in [6.45, 7) is 0.775. The summed E-state index contributed by atoms with van der Waals surface area (Å²) < 4.78 is 5.18. The monoisotopic (exact) mass is 146 g/mol. The van der Waals surface area contributed by atoms with Gasteiger partial charge in [0.2, 0.25) is 0 Å². The van der Waals surface area contributed by atoms with Crippen LogP contribution in [0.2, 0.25) is 0 Å². The molecule has 1 N–H and O–H groups in total. The van der Waals surface area contributed by atoms with E-state index >= 15 is 0 Å². The molecule has 0 aromatic heterocycles. The van der Waals surface area contributed by atoms with Crippen LogP contribution in [0.5, 0.6) is 5.75 Å². The fourth-order valence-electron chi connectivity index (χ4n) is 1.01. The summed E-state index contributed by atoms with van der Waals surface area (Å²) in [7, 11) is 0. The molecule has 1 radical (unpaired) electrons. The minimum absolute atomic E-state index is 0.775. The molecule has 2 rings (SSSR count). The van der Waals surface area contributed by atoms with E-state index in [1.165, 1.54) is 0 Å². The summed E-state index contributed by atoms with van der Waals surface area (Å²) in [4.78, 5) is 0. The lowest BCUT2D eigenvalue weighted by molar-refractivity contribution is 0.457. The zero-order valence-electron chi connectivity index (χ0n) is 6.00. The molecular weight excluding hydrogens is 138 g/mol. The van der Waals surface area contributed by atoms with Crippen LogP contribution < -0.4 is 10.1 Å². The molecule has 0 saturated carbocycles. The zero-order valence-corrected chi connectivity index (χ0v) is 6.00. The fourth-order valence-corrected chi connectivity index (χ4v) is 1.01. The van der Waals surface area contributed by atoms with E-state index in [4.69, 9.17) is 4.74 Å². The van der Waals surface area contributed by atoms with E-state index in [9.17, 15) is 0 Å². The first-order valence-corrected chi connectivity index (χ1v) is 3.54. The molecule has 2 heteroatoms. The van der Waals surface area contributed by atoms with Gasteiger partial charge in [-0.2, -0.15) is 0 Å². The number of rotatable bonds is 0. The zero-order chi connectivity index (χ0) is 7.52. The van der Waals surface area contributed by atoms with Gasteiger partial charge in [0.05, 0.1) is 5.69 Å². The smallest absolute Gasteiger partial charge is 0.167 e. The lowest BCUT2D eigenvalue weighted by Gasteiger charge is -2.04. The van der Waals surface area contributed by atoms with Gasteiger partial charge in [0.15, 0.2) is 12.0 Å². The molecule has 0 unspecified atom stereocenters. The third-order valence-corrected chi connectivity index (χ3v) is 1.53. The molecule has 11 heavy (non-hydrogen) atoms. The van der Waals surface area contributed by atoms with Crippen LogP contribution in [0.15, 0.2) is 30.3 Å². The van der Waals surface area contributed by atoms with Crippen LogP contribution in [0.4, 0.5) is 5.69 Å². The first-order valence-electron chi connectivity index (χ1n) is 3.54. The summed E-state index contributed by atoms with van der Waals surface area (Å²) >= 11 is 0. The first-order chi connectivity index (χ1) is 5.47. The molecule has 0 spiro atoms. The number of para-hydroxylation sites is 2. The second-order valence-corrected chi connectivity index (χ2v) is 2.30. The molecule has 0 saturated heterocycles. The summed E-state index contributed by atoms with van der Waals surface area (Å²) in [5.74, 6) is 0.834. The van der Waals surface area contributed by atoms with Gasteiger partial charge in [-0.05, 0) is 18.2 Å². The van der Waals surface area contributed by atoms with Crippen LogP contribution >= 0.6 is 0 Å². The number of anilines is 1. The topological polar surface area (TPSA) is 21.3 Å². The number of ether oxygens (including phenoxy) is 1. The number of hydrogen-bond donors (Lipinski definition) is 1. The van der Waals surface area contributed by atoms with Gasteiger partial charge in [-0.1, -0.05) is 12.1 Å². The average molecular weight is 146 g/mol. The molecular formula is C9H8NO. The van der Waals surface area contributed by atoms with Gasteiger partial charge >= 0.3 is 0 Å². The minimum Gasteiger partial charge on any atom is -0.452 e. The van der Waals surface area contributed by atoms with Crippen molar-refractivity contribution in [2.75, 3.05) is 11.9 Å². The minimum atomic E-state index is 0.775. The van der Waals surface area contributed by atoms with E-state index in [2.05, 4.69) is 11.6 Å². The van der Waals surface area contributed by atoms with Crippen molar-refractivity contribution >= 4 is 5.69 Å². The van der Waals surface area contributed by atoms with E-state index in [1.807, 2.05) is 30.3 Å². The quantitative estimate of drug-likeness (QED) is 0.602. The maximum Gasteiger partial charge on any atom is 0.167 e. The van der Waals surface area contributed by atoms with Crippen LogP contribution in [0, 0.1) is 6.26 Å². The molecule has 0 aliphatic carbocycles. The SMILES string of the molecule is [C]1=CCNc2ccccc2O1. The van der Waals surface area contributed by atoms with Gasteiger partial charge in [0, 0.05) is 6.54 Å². The van der Waals surface area contributed by atoms with Crippen LogP contribution in [-0.4, -0.2) is 6.54 Å². The van der Waals surface area contributed by atoms with Crippen LogP contribution in [-0.2, 0) is 0 Å². The summed E-state index contributed by atoms with van der Waals surface area (Å²) in [5.41, 5.74) is 1.02. The van der Waals surface area contributed by atoms with Crippen molar-refractivity contribution in [1.29, 1.82) is 0 Å². The number of nitrogens with one attached hydrogen (secondary N) is 1. The lowest BCUT2D eigenvalue weighted by atomic mass is 10.3. The van der Waals surface area contributed by atoms with Gasteiger partial charge in [-0.15, -0.1) is 0 Å². The van der Waals surface area contributed by atoms with Gasteiger partial charge in [0.25, 0.3) is 0 Å². The van der Waals surface area contributed by atoms with Gasteiger partial charge in [-0.25, -0.2) is 0 Å². The molecule has 55 valence electrons. The Morgan fingerprint density at radius 1 is 1.36 bits per heavy atom. The molecule has 1 aromatic rings. The Labute approximate surface area is 65.5 Å². The molecule has 1 heterocycles. The molecule has 0 fully saturated rings. The van der Waals surface area contributed by atoms with Crippen molar-refractivity contribution in [3.05, 3.63) is 36.6 Å². The Morgan fingerprint density at radius 2 is 2.27 bits per heavy atom. The molecule has 0 atom stereocenters. The highest BCUT2D eigenvalue weighted by atomic mass is 16.5. The van der Waals surface area contributed by atoms with Crippen LogP contribution in [0.1, 0.15) is 0 Å². The lowest BCUT2D eigenvalue weighted by Crippen LogP contribution is -1.95. The predicted octanol–water partition coefficient (Wildman–Crippen LogP) is 1.81. The van der Waals surface area contributed by atoms with Crippen LogP contribution in [0.3, 0.4) is 0 Å². The van der Waals surface area contributed by atoms with E-state index in [0.717, 1.165) is 18.0 Å². The van der Waals surface area contributed by atoms with E-state index in [-0.39, 0.29) is 0 Å². The summed E-state index contributed by atoms with van der Waals surface area (Å²) in [6.07, 6.45) is 4.54. The van der Waals surface area contributed by atoms with Gasteiger partial charge in [-0.3, -0.25) is 0 Å². The molecule has 1 aliphatic heterocycles. The Hall–Kier alpha value is -1.44. The third-order valence-electron chi connectivity index (χ3n) is 1.53. The second-order valence-electron chi connectivity index (χ2n) is 2.30. The number of benzene rings is 1. The van der Waals surface area contributed by atoms with Crippen molar-refractivity contribution in [2.24, 2.45) is 0 Å². The number of fused-ring (bicyclic) bond motifs is 1. The summed E-state index contributed by atoms with van der Waals surface area (Å²) in [6, 6.07) is 7.80. The maximum absolute atomic E-state index is 5.18. The first kappa shape index (κ1) is 6.28. The maximum atomic E-state index is 5.18. The molecule has 2 nitrogen and oxygen atoms in total. The Kier molecular flexibility index (Phi) is 1.52. The van der Waals surface area contributed by atoms with Crippen molar-refractivity contribution in [1.82, 2.24) is 0 Å². The molecule has 1 aromatic carbocycles. The molecule has 0 amide bonds. The Balaban J connectivity index is 2.40. The largest absolute Gasteiger partial charge is 0.452 e. The van der Waals surface area contributed by atoms with Crippen molar-refractivity contribution in [3.8, 4) is 5.75 Å². The van der Waals surface area contributed by atoms with Crippen molar-refractivity contribution in [3.63, 3.8) is 0 Å². The standard InChI is InChI=1S/C9H8NO/c1-2-5-9-8(4-1)10-6-3-7-11-9/h1-5,10H,6H2. The van der Waals surface area contributed by atoms with E-state index in [1.54, 1.807) is 0 Å². The van der Waals surface area contributed by atoms with Crippen molar-refractivity contribution < 1.29 is 4.74 Å². The fraction of sp³-hybridized carbons (Fsp3) is 0.111. The highest BCUT2D eigenvalue weighted by Crippen LogP contribution is 2.24. The highest BCUT2D eigenvalue weighted by molar-refractivity contribution is 5.57.